The maximum absolute atomic E-state index is 12.2. The molecular formula is C14H16ClN3O2. The van der Waals surface area contributed by atoms with Gasteiger partial charge in [-0.1, -0.05) is 11.6 Å². The van der Waals surface area contributed by atoms with Crippen molar-refractivity contribution < 1.29 is 9.53 Å². The van der Waals surface area contributed by atoms with Crippen LogP contribution in [0.5, 0.6) is 0 Å². The summed E-state index contributed by atoms with van der Waals surface area (Å²) in [7, 11) is 0. The Kier molecular flexibility index (Phi) is 2.86. The number of carbonyl (C=O) groups is 1. The van der Waals surface area contributed by atoms with Crippen LogP contribution in [0.1, 0.15) is 6.42 Å². The summed E-state index contributed by atoms with van der Waals surface area (Å²) in [5.74, 6) is 2.51. The van der Waals surface area contributed by atoms with Gasteiger partial charge in [0.15, 0.2) is 0 Å². The molecule has 3 aliphatic rings. The van der Waals surface area contributed by atoms with Gasteiger partial charge in [-0.05, 0) is 24.5 Å². The number of morpholine rings is 1. The van der Waals surface area contributed by atoms with Crippen LogP contribution in [0, 0.1) is 11.8 Å². The SMILES string of the molecule is O=C1C2CC2CN1c1cc(Cl)cc(N2CCOCC2)n1. The van der Waals surface area contributed by atoms with Crippen molar-refractivity contribution in [1.29, 1.82) is 0 Å². The molecule has 0 spiro atoms. The summed E-state index contributed by atoms with van der Waals surface area (Å²) in [4.78, 5) is 20.7. The van der Waals surface area contributed by atoms with Gasteiger partial charge in [-0.15, -0.1) is 0 Å². The molecule has 3 heterocycles. The van der Waals surface area contributed by atoms with Crippen molar-refractivity contribution >= 4 is 29.1 Å². The number of carbonyl (C=O) groups excluding carboxylic acids is 1. The lowest BCUT2D eigenvalue weighted by molar-refractivity contribution is -0.118. The van der Waals surface area contributed by atoms with E-state index in [1.807, 2.05) is 6.07 Å². The number of amides is 1. The van der Waals surface area contributed by atoms with E-state index in [0.717, 1.165) is 31.9 Å². The highest BCUT2D eigenvalue weighted by Crippen LogP contribution is 2.47. The summed E-state index contributed by atoms with van der Waals surface area (Å²) >= 11 is 6.21. The fourth-order valence-electron chi connectivity index (χ4n) is 3.05. The van der Waals surface area contributed by atoms with Crippen LogP contribution >= 0.6 is 11.6 Å². The number of aromatic nitrogens is 1. The quantitative estimate of drug-likeness (QED) is 0.830. The molecule has 0 N–H and O–H groups in total. The number of anilines is 2. The van der Waals surface area contributed by atoms with Crippen LogP contribution in [0.25, 0.3) is 0 Å². The molecule has 3 fully saturated rings. The lowest BCUT2D eigenvalue weighted by Crippen LogP contribution is -2.37. The Hall–Kier alpha value is -1.33. The van der Waals surface area contributed by atoms with Crippen molar-refractivity contribution in [2.24, 2.45) is 11.8 Å². The average Bonchev–Trinajstić information content (AvgIpc) is 3.17. The zero-order chi connectivity index (χ0) is 13.7. The number of halogens is 1. The summed E-state index contributed by atoms with van der Waals surface area (Å²) in [6.07, 6.45) is 1.05. The number of rotatable bonds is 2. The first-order valence-corrected chi connectivity index (χ1v) is 7.42. The van der Waals surface area contributed by atoms with E-state index >= 15 is 0 Å². The van der Waals surface area contributed by atoms with Crippen LogP contribution in [-0.4, -0.2) is 43.7 Å². The second-order valence-corrected chi connectivity index (χ2v) is 6.09. The number of fused-ring (bicyclic) bond motifs is 1. The molecule has 5 nitrogen and oxygen atoms in total. The molecule has 1 aromatic rings. The second kappa shape index (κ2) is 4.60. The zero-order valence-electron chi connectivity index (χ0n) is 11.1. The minimum Gasteiger partial charge on any atom is -0.378 e. The third kappa shape index (κ3) is 2.05. The first-order valence-electron chi connectivity index (χ1n) is 7.04. The minimum absolute atomic E-state index is 0.206. The van der Waals surface area contributed by atoms with Crippen LogP contribution in [0.2, 0.25) is 5.02 Å². The van der Waals surface area contributed by atoms with E-state index in [9.17, 15) is 4.79 Å². The van der Waals surface area contributed by atoms with Gasteiger partial charge < -0.3 is 9.64 Å². The van der Waals surface area contributed by atoms with Crippen molar-refractivity contribution in [3.05, 3.63) is 17.2 Å². The highest BCUT2D eigenvalue weighted by Gasteiger charge is 2.52. The van der Waals surface area contributed by atoms with Gasteiger partial charge in [-0.3, -0.25) is 9.69 Å². The standard InChI is InChI=1S/C14H16ClN3O2/c15-10-6-12(17-1-3-20-4-2-17)16-13(7-10)18-8-9-5-11(9)14(18)19/h6-7,9,11H,1-5,8H2. The Labute approximate surface area is 122 Å². The van der Waals surface area contributed by atoms with Gasteiger partial charge in [0.1, 0.15) is 11.6 Å². The van der Waals surface area contributed by atoms with Crippen molar-refractivity contribution in [2.45, 2.75) is 6.42 Å². The highest BCUT2D eigenvalue weighted by atomic mass is 35.5. The molecule has 106 valence electrons. The Balaban J connectivity index is 1.63. The van der Waals surface area contributed by atoms with Crippen LogP contribution < -0.4 is 9.80 Å². The van der Waals surface area contributed by atoms with E-state index in [2.05, 4.69) is 9.88 Å². The van der Waals surface area contributed by atoms with Crippen LogP contribution in [0.3, 0.4) is 0 Å². The molecule has 2 saturated heterocycles. The average molecular weight is 294 g/mol. The van der Waals surface area contributed by atoms with E-state index in [4.69, 9.17) is 16.3 Å². The lowest BCUT2D eigenvalue weighted by atomic mass is 10.3. The second-order valence-electron chi connectivity index (χ2n) is 5.65. The molecule has 1 amide bonds. The maximum atomic E-state index is 12.2. The van der Waals surface area contributed by atoms with Gasteiger partial charge in [0.25, 0.3) is 0 Å². The van der Waals surface area contributed by atoms with Crippen LogP contribution in [0.15, 0.2) is 12.1 Å². The third-order valence-corrected chi connectivity index (χ3v) is 4.52. The van der Waals surface area contributed by atoms with Crippen molar-refractivity contribution in [3.63, 3.8) is 0 Å². The summed E-state index contributed by atoms with van der Waals surface area (Å²) in [5.41, 5.74) is 0. The smallest absolute Gasteiger partial charge is 0.231 e. The maximum Gasteiger partial charge on any atom is 0.231 e. The van der Waals surface area contributed by atoms with E-state index < -0.39 is 0 Å². The predicted molar refractivity (Wildman–Crippen MR) is 76.2 cm³/mol. The molecule has 1 saturated carbocycles. The Morgan fingerprint density at radius 2 is 2.00 bits per heavy atom. The highest BCUT2D eigenvalue weighted by molar-refractivity contribution is 6.31. The molecule has 6 heteroatoms. The third-order valence-electron chi connectivity index (χ3n) is 4.30. The molecule has 0 radical (unpaired) electrons. The fraction of sp³-hybridized carbons (Fsp3) is 0.571. The van der Waals surface area contributed by atoms with Crippen LogP contribution in [0.4, 0.5) is 11.6 Å². The summed E-state index contributed by atoms with van der Waals surface area (Å²) in [6.45, 7) is 3.82. The monoisotopic (exact) mass is 293 g/mol. The van der Waals surface area contributed by atoms with Crippen molar-refractivity contribution in [3.8, 4) is 0 Å². The van der Waals surface area contributed by atoms with E-state index in [-0.39, 0.29) is 11.8 Å². The summed E-state index contributed by atoms with van der Waals surface area (Å²) in [6, 6.07) is 3.64. The molecular weight excluding hydrogens is 278 g/mol. The van der Waals surface area contributed by atoms with E-state index in [1.165, 1.54) is 0 Å². The molecule has 20 heavy (non-hydrogen) atoms. The number of piperidine rings is 1. The summed E-state index contributed by atoms with van der Waals surface area (Å²) in [5, 5.41) is 0.630. The molecule has 1 aromatic heterocycles. The molecule has 2 aliphatic heterocycles. The zero-order valence-corrected chi connectivity index (χ0v) is 11.8. The fourth-order valence-corrected chi connectivity index (χ4v) is 3.24. The Bertz CT molecular complexity index is 559. The van der Waals surface area contributed by atoms with Gasteiger partial charge in [0.05, 0.1) is 13.2 Å². The predicted octanol–water partition coefficient (Wildman–Crippen LogP) is 1.55. The molecule has 1 aliphatic carbocycles. The normalized spacial score (nSPS) is 28.8. The molecule has 2 atom stereocenters. The molecule has 4 rings (SSSR count). The molecule has 0 bridgehead atoms. The lowest BCUT2D eigenvalue weighted by Gasteiger charge is -2.29. The number of hydrogen-bond donors (Lipinski definition) is 0. The van der Waals surface area contributed by atoms with Crippen molar-refractivity contribution in [2.75, 3.05) is 42.6 Å². The summed E-state index contributed by atoms with van der Waals surface area (Å²) < 4.78 is 5.35. The largest absolute Gasteiger partial charge is 0.378 e. The van der Waals surface area contributed by atoms with E-state index in [0.29, 0.717) is 30.0 Å². The van der Waals surface area contributed by atoms with Crippen LogP contribution in [-0.2, 0) is 9.53 Å². The Morgan fingerprint density at radius 1 is 1.25 bits per heavy atom. The topological polar surface area (TPSA) is 45.7 Å². The van der Waals surface area contributed by atoms with E-state index in [1.54, 1.807) is 11.0 Å². The Morgan fingerprint density at radius 3 is 2.70 bits per heavy atom. The molecule has 0 aromatic carbocycles. The number of hydrogen-bond acceptors (Lipinski definition) is 4. The van der Waals surface area contributed by atoms with Gasteiger partial charge in [0, 0.05) is 30.6 Å². The first-order chi connectivity index (χ1) is 9.72. The number of nitrogens with zero attached hydrogens (tertiary/aromatic N) is 3. The van der Waals surface area contributed by atoms with Gasteiger partial charge in [-0.25, -0.2) is 4.98 Å². The first kappa shape index (κ1) is 12.4. The van der Waals surface area contributed by atoms with Gasteiger partial charge in [0.2, 0.25) is 5.91 Å². The van der Waals surface area contributed by atoms with Crippen molar-refractivity contribution in [1.82, 2.24) is 4.98 Å². The number of pyridine rings is 1. The minimum atomic E-state index is 0.206. The van der Waals surface area contributed by atoms with Gasteiger partial charge >= 0.3 is 0 Å². The number of ether oxygens (including phenoxy) is 1. The molecule has 2 unspecified atom stereocenters. The van der Waals surface area contributed by atoms with Gasteiger partial charge in [-0.2, -0.15) is 0 Å².